The zero-order chi connectivity index (χ0) is 24.6. The van der Waals surface area contributed by atoms with E-state index in [1.807, 2.05) is 68.6 Å². The molecule has 7 nitrogen and oxygen atoms in total. The molecule has 3 aromatic rings. The summed E-state index contributed by atoms with van der Waals surface area (Å²) in [5.74, 6) is 0.475. The molecule has 182 valence electrons. The molecule has 0 radical (unpaired) electrons. The Kier molecular flexibility index (Phi) is 6.82. The summed E-state index contributed by atoms with van der Waals surface area (Å²) in [4.78, 5) is 15.2. The quantitative estimate of drug-likeness (QED) is 0.458. The largest absolute Gasteiger partial charge is 0.344 e. The number of aromatic nitrogens is 3. The van der Waals surface area contributed by atoms with Crippen molar-refractivity contribution in [3.8, 4) is 0 Å². The van der Waals surface area contributed by atoms with Crippen LogP contribution in [-0.4, -0.2) is 58.5 Å². The van der Waals surface area contributed by atoms with E-state index in [4.69, 9.17) is 0 Å². The van der Waals surface area contributed by atoms with Crippen molar-refractivity contribution in [2.24, 2.45) is 0 Å². The second-order valence-electron chi connectivity index (χ2n) is 9.60. The van der Waals surface area contributed by atoms with Crippen molar-refractivity contribution in [2.75, 3.05) is 25.1 Å². The van der Waals surface area contributed by atoms with Gasteiger partial charge in [0.1, 0.15) is 0 Å². The van der Waals surface area contributed by atoms with Gasteiger partial charge in [-0.3, -0.25) is 14.4 Å². The predicted molar refractivity (Wildman–Crippen MR) is 134 cm³/mol. The molecular formula is C26H34N4O3S. The third-order valence-corrected chi connectivity index (χ3v) is 8.68. The number of Topliss-reactive ketones (excluding diaryl/α,β-unsaturated/α-hetero) is 1. The van der Waals surface area contributed by atoms with Crippen molar-refractivity contribution < 1.29 is 13.2 Å². The van der Waals surface area contributed by atoms with E-state index < -0.39 is 9.84 Å². The van der Waals surface area contributed by atoms with Gasteiger partial charge in [0.25, 0.3) is 0 Å². The molecule has 0 N–H and O–H groups in total. The van der Waals surface area contributed by atoms with Gasteiger partial charge in [-0.1, -0.05) is 30.3 Å². The minimum Gasteiger partial charge on any atom is -0.344 e. The van der Waals surface area contributed by atoms with Crippen LogP contribution in [0.2, 0.25) is 0 Å². The van der Waals surface area contributed by atoms with Gasteiger partial charge in [0.05, 0.1) is 29.8 Å². The molecule has 1 aromatic carbocycles. The van der Waals surface area contributed by atoms with Gasteiger partial charge >= 0.3 is 0 Å². The van der Waals surface area contributed by atoms with E-state index in [0.29, 0.717) is 19.5 Å². The first-order valence-electron chi connectivity index (χ1n) is 11.7. The Balaban J connectivity index is 1.45. The van der Waals surface area contributed by atoms with Crippen LogP contribution in [-0.2, 0) is 22.9 Å². The van der Waals surface area contributed by atoms with Crippen LogP contribution in [0.15, 0.2) is 36.4 Å². The van der Waals surface area contributed by atoms with Crippen LogP contribution in [0.5, 0.6) is 0 Å². The van der Waals surface area contributed by atoms with Crippen molar-refractivity contribution in [1.29, 1.82) is 0 Å². The normalized spacial score (nSPS) is 17.5. The summed E-state index contributed by atoms with van der Waals surface area (Å²) >= 11 is 0. The molecule has 8 heteroatoms. The first kappa shape index (κ1) is 24.4. The lowest BCUT2D eigenvalue weighted by Crippen LogP contribution is -2.26. The van der Waals surface area contributed by atoms with Gasteiger partial charge in [-0.05, 0) is 52.8 Å². The summed E-state index contributed by atoms with van der Waals surface area (Å²) in [5, 5.41) is 4.65. The number of carbonyl (C=O) groups is 1. The highest BCUT2D eigenvalue weighted by atomic mass is 32.2. The molecule has 1 aliphatic heterocycles. The zero-order valence-corrected chi connectivity index (χ0v) is 21.5. The fourth-order valence-corrected chi connectivity index (χ4v) is 6.69. The lowest BCUT2D eigenvalue weighted by molar-refractivity contribution is 0.0942. The van der Waals surface area contributed by atoms with Crippen molar-refractivity contribution in [3.05, 3.63) is 75.9 Å². The van der Waals surface area contributed by atoms with Crippen LogP contribution in [0.25, 0.3) is 0 Å². The van der Waals surface area contributed by atoms with Crippen molar-refractivity contribution in [1.82, 2.24) is 19.2 Å². The van der Waals surface area contributed by atoms with Crippen LogP contribution in [0.3, 0.4) is 0 Å². The van der Waals surface area contributed by atoms with Gasteiger partial charge in [-0.15, -0.1) is 0 Å². The molecule has 1 saturated heterocycles. The van der Waals surface area contributed by atoms with Crippen molar-refractivity contribution in [3.63, 3.8) is 0 Å². The minimum atomic E-state index is -2.98. The summed E-state index contributed by atoms with van der Waals surface area (Å²) in [6.45, 7) is 9.64. The van der Waals surface area contributed by atoms with Crippen LogP contribution in [0, 0.1) is 27.7 Å². The molecule has 0 bridgehead atoms. The van der Waals surface area contributed by atoms with E-state index in [2.05, 4.69) is 21.8 Å². The maximum Gasteiger partial charge on any atom is 0.178 e. The maximum absolute atomic E-state index is 13.2. The number of rotatable bonds is 8. The Labute approximate surface area is 202 Å². The molecule has 1 fully saturated rings. The third kappa shape index (κ3) is 5.03. The van der Waals surface area contributed by atoms with E-state index >= 15 is 0 Å². The lowest BCUT2D eigenvalue weighted by Gasteiger charge is -2.17. The highest BCUT2D eigenvalue weighted by Crippen LogP contribution is 2.27. The number of aryl methyl sites for hydroxylation is 2. The van der Waals surface area contributed by atoms with Crippen LogP contribution >= 0.6 is 0 Å². The standard InChI is InChI=1S/C26H34N4O3S/c1-18-13-24(20(3)29(18)14-22-9-7-6-8-10-22)26(31)16-28(5)15-25-19(2)27-30(21(25)4)23-11-12-34(32,33)17-23/h6-10,13,23H,11-12,14-17H2,1-5H3. The molecule has 1 unspecified atom stereocenters. The smallest absolute Gasteiger partial charge is 0.178 e. The van der Waals surface area contributed by atoms with Crippen molar-refractivity contribution in [2.45, 2.75) is 53.2 Å². The van der Waals surface area contributed by atoms with Gasteiger partial charge in [-0.2, -0.15) is 5.10 Å². The number of benzene rings is 1. The van der Waals surface area contributed by atoms with Gasteiger partial charge in [0, 0.05) is 41.3 Å². The van der Waals surface area contributed by atoms with Gasteiger partial charge in [0.2, 0.25) is 0 Å². The number of carbonyl (C=O) groups excluding carboxylic acids is 1. The van der Waals surface area contributed by atoms with E-state index in [-0.39, 0.29) is 23.3 Å². The number of hydrogen-bond donors (Lipinski definition) is 0. The number of sulfone groups is 1. The summed E-state index contributed by atoms with van der Waals surface area (Å²) < 4.78 is 27.9. The number of ketones is 1. The molecule has 0 spiro atoms. The molecule has 3 heterocycles. The van der Waals surface area contributed by atoms with Crippen LogP contribution in [0.1, 0.15) is 56.7 Å². The molecule has 0 aliphatic carbocycles. The van der Waals surface area contributed by atoms with Crippen molar-refractivity contribution >= 4 is 15.6 Å². The van der Waals surface area contributed by atoms with Gasteiger partial charge < -0.3 is 4.57 Å². The Morgan fingerprint density at radius 2 is 1.82 bits per heavy atom. The summed E-state index contributed by atoms with van der Waals surface area (Å²) in [5.41, 5.74) is 6.98. The van der Waals surface area contributed by atoms with E-state index in [1.165, 1.54) is 5.56 Å². The molecule has 34 heavy (non-hydrogen) atoms. The highest BCUT2D eigenvalue weighted by molar-refractivity contribution is 7.91. The van der Waals surface area contributed by atoms with E-state index in [0.717, 1.165) is 40.4 Å². The molecule has 0 saturated carbocycles. The lowest BCUT2D eigenvalue weighted by atomic mass is 10.1. The number of likely N-dealkylation sites (N-methyl/N-ethyl adjacent to an activating group) is 1. The van der Waals surface area contributed by atoms with Crippen LogP contribution in [0.4, 0.5) is 0 Å². The molecule has 1 aliphatic rings. The minimum absolute atomic E-state index is 0.0968. The van der Waals surface area contributed by atoms with Gasteiger partial charge in [-0.25, -0.2) is 8.42 Å². The Bertz CT molecular complexity index is 1310. The summed E-state index contributed by atoms with van der Waals surface area (Å²) in [6.07, 6.45) is 0.608. The molecule has 2 aromatic heterocycles. The Morgan fingerprint density at radius 3 is 2.47 bits per heavy atom. The second-order valence-corrected chi connectivity index (χ2v) is 11.8. The molecule has 4 rings (SSSR count). The van der Waals surface area contributed by atoms with Crippen LogP contribution < -0.4 is 0 Å². The second kappa shape index (κ2) is 9.50. The van der Waals surface area contributed by atoms with Gasteiger partial charge in [0.15, 0.2) is 15.6 Å². The summed E-state index contributed by atoms with van der Waals surface area (Å²) in [6, 6.07) is 12.2. The molecule has 1 atom stereocenters. The predicted octanol–water partition coefficient (Wildman–Crippen LogP) is 3.64. The van der Waals surface area contributed by atoms with E-state index in [1.54, 1.807) is 0 Å². The number of hydrogen-bond acceptors (Lipinski definition) is 5. The monoisotopic (exact) mass is 482 g/mol. The fourth-order valence-electron chi connectivity index (χ4n) is 5.00. The fraction of sp³-hybridized carbons (Fsp3) is 0.462. The molecule has 0 amide bonds. The first-order chi connectivity index (χ1) is 16.1. The first-order valence-corrected chi connectivity index (χ1v) is 13.5. The Morgan fingerprint density at radius 1 is 1.12 bits per heavy atom. The number of nitrogens with zero attached hydrogens (tertiary/aromatic N) is 4. The zero-order valence-electron chi connectivity index (χ0n) is 20.7. The summed E-state index contributed by atoms with van der Waals surface area (Å²) in [7, 11) is -1.04. The average molecular weight is 483 g/mol. The SMILES string of the molecule is Cc1nn(C2CCS(=O)(=O)C2)c(C)c1CN(C)CC(=O)c1cc(C)n(Cc2ccccc2)c1C. The maximum atomic E-state index is 13.2. The topological polar surface area (TPSA) is 77.2 Å². The third-order valence-electron chi connectivity index (χ3n) is 6.93. The average Bonchev–Trinajstić information content (AvgIpc) is 3.38. The Hall–Kier alpha value is -2.71. The van der Waals surface area contributed by atoms with E-state index in [9.17, 15) is 13.2 Å². The highest BCUT2D eigenvalue weighted by Gasteiger charge is 2.31. The molecular weight excluding hydrogens is 448 g/mol.